The zero-order valence-corrected chi connectivity index (χ0v) is 22.2. The predicted octanol–water partition coefficient (Wildman–Crippen LogP) is 5.04. The quantitative estimate of drug-likeness (QED) is 0.386. The molecule has 184 valence electrons. The van der Waals surface area contributed by atoms with E-state index >= 15 is 0 Å². The fraction of sp³-hybridized carbons (Fsp3) is 0.500. The summed E-state index contributed by atoms with van der Waals surface area (Å²) in [7, 11) is 0.980. The van der Waals surface area contributed by atoms with Crippen molar-refractivity contribution in [2.75, 3.05) is 20.8 Å². The number of aliphatic hydroxyl groups is 1. The number of benzene rings is 2. The normalized spacial score (nSPS) is 18.0. The van der Waals surface area contributed by atoms with Gasteiger partial charge in [-0.05, 0) is 37.2 Å². The fourth-order valence-electron chi connectivity index (χ4n) is 4.00. The standard InChI is InChI=1S/C26H34O7Si/c1-25(2,3)34(7,8)31-14-26(4,28)20-12-16-18(32-20)13-19(30-6)21-22(27)15-10-9-11-17(29-5)23(15)33-24(16)21/h9-11,13,20,28H,12,14H2,1-8H3/t20?,26-/m1/s1. The first kappa shape index (κ1) is 24.6. The molecule has 0 amide bonds. The van der Waals surface area contributed by atoms with Gasteiger partial charge in [0.1, 0.15) is 34.2 Å². The van der Waals surface area contributed by atoms with E-state index in [0.29, 0.717) is 45.6 Å². The Hall–Kier alpha value is -2.55. The van der Waals surface area contributed by atoms with E-state index in [9.17, 15) is 9.90 Å². The molecule has 0 radical (unpaired) electrons. The highest BCUT2D eigenvalue weighted by molar-refractivity contribution is 6.74. The molecule has 1 unspecified atom stereocenters. The van der Waals surface area contributed by atoms with Crippen molar-refractivity contribution in [3.63, 3.8) is 0 Å². The van der Waals surface area contributed by atoms with Crippen LogP contribution in [0.1, 0.15) is 33.3 Å². The van der Waals surface area contributed by atoms with Crippen LogP contribution in [0.25, 0.3) is 21.9 Å². The molecule has 1 aliphatic rings. The van der Waals surface area contributed by atoms with Gasteiger partial charge in [0.2, 0.25) is 5.43 Å². The van der Waals surface area contributed by atoms with Gasteiger partial charge in [-0.2, -0.15) is 0 Å². The first-order chi connectivity index (χ1) is 15.8. The molecular formula is C26H34O7Si. The molecule has 8 heteroatoms. The Morgan fingerprint density at radius 2 is 1.76 bits per heavy atom. The topological polar surface area (TPSA) is 87.4 Å². The summed E-state index contributed by atoms with van der Waals surface area (Å²) in [6, 6.07) is 6.91. The second-order valence-corrected chi connectivity index (χ2v) is 15.6. The van der Waals surface area contributed by atoms with Crippen molar-refractivity contribution in [1.82, 2.24) is 0 Å². The molecule has 7 nitrogen and oxygen atoms in total. The van der Waals surface area contributed by atoms with Gasteiger partial charge in [0, 0.05) is 18.1 Å². The number of hydrogen-bond acceptors (Lipinski definition) is 7. The Morgan fingerprint density at radius 1 is 1.09 bits per heavy atom. The van der Waals surface area contributed by atoms with Gasteiger partial charge >= 0.3 is 0 Å². The van der Waals surface area contributed by atoms with Crippen LogP contribution in [0.5, 0.6) is 17.2 Å². The monoisotopic (exact) mass is 486 g/mol. The summed E-state index contributed by atoms with van der Waals surface area (Å²) in [6.45, 7) is 12.7. The molecule has 1 aromatic heterocycles. The van der Waals surface area contributed by atoms with Gasteiger partial charge in [-0.25, -0.2) is 0 Å². The number of rotatable bonds is 6. The molecule has 34 heavy (non-hydrogen) atoms. The summed E-state index contributed by atoms with van der Waals surface area (Å²) in [6.07, 6.45) is -0.200. The van der Waals surface area contributed by atoms with E-state index in [1.54, 1.807) is 31.2 Å². The van der Waals surface area contributed by atoms with Gasteiger partial charge in [0.05, 0.1) is 26.2 Å². The van der Waals surface area contributed by atoms with Gasteiger partial charge in [-0.3, -0.25) is 4.79 Å². The van der Waals surface area contributed by atoms with Crippen LogP contribution in [0.4, 0.5) is 0 Å². The van der Waals surface area contributed by atoms with Crippen LogP contribution < -0.4 is 19.6 Å². The second-order valence-electron chi connectivity index (χ2n) is 10.7. The van der Waals surface area contributed by atoms with Crippen LogP contribution in [-0.4, -0.2) is 46.0 Å². The number of fused-ring (bicyclic) bond motifs is 4. The molecular weight excluding hydrogens is 452 g/mol. The highest BCUT2D eigenvalue weighted by atomic mass is 28.4. The van der Waals surface area contributed by atoms with E-state index in [0.717, 1.165) is 5.56 Å². The smallest absolute Gasteiger partial charge is 0.204 e. The second kappa shape index (κ2) is 8.29. The molecule has 0 saturated carbocycles. The summed E-state index contributed by atoms with van der Waals surface area (Å²) in [5.74, 6) is 1.36. The summed E-state index contributed by atoms with van der Waals surface area (Å²) in [5, 5.41) is 12.1. The largest absolute Gasteiger partial charge is 0.496 e. The SMILES string of the molecule is COc1cccc2c(=O)c3c(OC)cc4c(c3oc12)CC([C@](C)(O)CO[Si](C)(C)C(C)(C)C)O4. The maximum absolute atomic E-state index is 13.4. The van der Waals surface area contributed by atoms with E-state index in [-0.39, 0.29) is 17.1 Å². The van der Waals surface area contributed by atoms with E-state index < -0.39 is 20.0 Å². The summed E-state index contributed by atoms with van der Waals surface area (Å²) < 4.78 is 29.7. The highest BCUT2D eigenvalue weighted by Crippen LogP contribution is 2.44. The van der Waals surface area contributed by atoms with Crippen LogP contribution in [0.2, 0.25) is 18.1 Å². The Kier molecular flexibility index (Phi) is 5.99. The summed E-state index contributed by atoms with van der Waals surface area (Å²) >= 11 is 0. The van der Waals surface area contributed by atoms with Crippen molar-refractivity contribution in [3.05, 3.63) is 40.1 Å². The first-order valence-corrected chi connectivity index (χ1v) is 14.4. The van der Waals surface area contributed by atoms with Gasteiger partial charge < -0.3 is 28.2 Å². The predicted molar refractivity (Wildman–Crippen MR) is 135 cm³/mol. The lowest BCUT2D eigenvalue weighted by atomic mass is 9.95. The third-order valence-corrected chi connectivity index (χ3v) is 11.8. The zero-order chi connectivity index (χ0) is 25.1. The van der Waals surface area contributed by atoms with Gasteiger partial charge in [-0.1, -0.05) is 26.8 Å². The minimum atomic E-state index is -2.06. The van der Waals surface area contributed by atoms with Crippen molar-refractivity contribution in [1.29, 1.82) is 0 Å². The third-order valence-electron chi connectivity index (χ3n) is 7.29. The summed E-state index contributed by atoms with van der Waals surface area (Å²) in [4.78, 5) is 13.4. The maximum atomic E-state index is 13.4. The third kappa shape index (κ3) is 3.97. The molecule has 1 aliphatic heterocycles. The van der Waals surface area contributed by atoms with Crippen molar-refractivity contribution in [2.24, 2.45) is 0 Å². The van der Waals surface area contributed by atoms with E-state index in [4.69, 9.17) is 23.1 Å². The van der Waals surface area contributed by atoms with Crippen LogP contribution >= 0.6 is 0 Å². The van der Waals surface area contributed by atoms with Crippen LogP contribution in [0, 0.1) is 0 Å². The minimum absolute atomic E-state index is 0.0235. The van der Waals surface area contributed by atoms with E-state index in [1.807, 2.05) is 0 Å². The van der Waals surface area contributed by atoms with Crippen molar-refractivity contribution in [3.8, 4) is 17.2 Å². The van der Waals surface area contributed by atoms with E-state index in [2.05, 4.69) is 33.9 Å². The Morgan fingerprint density at radius 3 is 2.38 bits per heavy atom. The lowest BCUT2D eigenvalue weighted by Gasteiger charge is -2.39. The zero-order valence-electron chi connectivity index (χ0n) is 21.2. The van der Waals surface area contributed by atoms with Crippen molar-refractivity contribution < 1.29 is 28.2 Å². The molecule has 0 aliphatic carbocycles. The molecule has 4 rings (SSSR count). The van der Waals surface area contributed by atoms with E-state index in [1.165, 1.54) is 14.2 Å². The van der Waals surface area contributed by atoms with Gasteiger partial charge in [0.25, 0.3) is 0 Å². The number of hydrogen-bond donors (Lipinski definition) is 1. The molecule has 2 aromatic carbocycles. The lowest BCUT2D eigenvalue weighted by Crippen LogP contribution is -2.51. The average molecular weight is 487 g/mol. The highest BCUT2D eigenvalue weighted by Gasteiger charge is 2.44. The Bertz CT molecular complexity index is 1300. The molecule has 0 bridgehead atoms. The summed E-state index contributed by atoms with van der Waals surface area (Å²) in [5.41, 5.74) is 0.0297. The molecule has 1 N–H and O–H groups in total. The van der Waals surface area contributed by atoms with Crippen molar-refractivity contribution >= 4 is 30.3 Å². The first-order valence-electron chi connectivity index (χ1n) is 11.5. The molecule has 0 saturated heterocycles. The van der Waals surface area contributed by atoms with Crippen molar-refractivity contribution in [2.45, 2.75) is 64.0 Å². The molecule has 2 atom stereocenters. The number of para-hydroxylation sites is 1. The Balaban J connectivity index is 1.77. The minimum Gasteiger partial charge on any atom is -0.496 e. The lowest BCUT2D eigenvalue weighted by molar-refractivity contribution is -0.0694. The van der Waals surface area contributed by atoms with Crippen LogP contribution in [-0.2, 0) is 10.8 Å². The Labute approximate surface area is 200 Å². The molecule has 0 spiro atoms. The molecule has 2 heterocycles. The number of ether oxygens (including phenoxy) is 3. The van der Waals surface area contributed by atoms with Gasteiger partial charge in [0.15, 0.2) is 19.6 Å². The average Bonchev–Trinajstić information content (AvgIpc) is 3.21. The van der Waals surface area contributed by atoms with Gasteiger partial charge in [-0.15, -0.1) is 0 Å². The molecule has 0 fully saturated rings. The van der Waals surface area contributed by atoms with Crippen LogP contribution in [0.3, 0.4) is 0 Å². The number of methoxy groups -OCH3 is 2. The fourth-order valence-corrected chi connectivity index (χ4v) is 5.09. The molecule has 3 aromatic rings. The maximum Gasteiger partial charge on any atom is 0.204 e. The van der Waals surface area contributed by atoms with Crippen LogP contribution in [0.15, 0.2) is 33.5 Å².